The molecule has 3 rings (SSSR count). The fourth-order valence-electron chi connectivity index (χ4n) is 3.56. The lowest BCUT2D eigenvalue weighted by atomic mass is 9.80. The van der Waals surface area contributed by atoms with Crippen molar-refractivity contribution in [2.75, 3.05) is 27.4 Å². The number of aliphatic hydroxyl groups is 2. The minimum Gasteiger partial charge on any atom is -0.508 e. The molecule has 1 saturated heterocycles. The summed E-state index contributed by atoms with van der Waals surface area (Å²) in [4.78, 5) is 0. The number of methoxy groups -OCH3 is 2. The molecule has 2 aromatic rings. The summed E-state index contributed by atoms with van der Waals surface area (Å²) < 4.78 is 16.1. The van der Waals surface area contributed by atoms with E-state index in [0.29, 0.717) is 23.5 Å². The Labute approximate surface area is 157 Å². The Morgan fingerprint density at radius 2 is 1.89 bits per heavy atom. The van der Waals surface area contributed by atoms with Gasteiger partial charge in [0.2, 0.25) is 0 Å². The number of hydrogen-bond acceptors (Lipinski definition) is 7. The quantitative estimate of drug-likeness (QED) is 0.608. The molecule has 0 spiro atoms. The van der Waals surface area contributed by atoms with Gasteiger partial charge in [-0.15, -0.1) is 0 Å². The first-order valence-corrected chi connectivity index (χ1v) is 8.60. The third kappa shape index (κ3) is 3.66. The molecular formula is C20H24O7. The molecule has 0 unspecified atom stereocenters. The van der Waals surface area contributed by atoms with Crippen molar-refractivity contribution in [1.82, 2.24) is 0 Å². The molecule has 146 valence electrons. The highest BCUT2D eigenvalue weighted by Gasteiger charge is 2.50. The second-order valence-electron chi connectivity index (χ2n) is 6.73. The van der Waals surface area contributed by atoms with Crippen molar-refractivity contribution >= 4 is 0 Å². The lowest BCUT2D eigenvalue weighted by Gasteiger charge is -2.32. The highest BCUT2D eigenvalue weighted by molar-refractivity contribution is 5.43. The number of phenolic OH excluding ortho intramolecular Hbond substituents is 2. The van der Waals surface area contributed by atoms with Crippen molar-refractivity contribution in [1.29, 1.82) is 0 Å². The number of phenols is 2. The summed E-state index contributed by atoms with van der Waals surface area (Å²) in [6.07, 6.45) is -0.396. The van der Waals surface area contributed by atoms with Gasteiger partial charge in [0.25, 0.3) is 0 Å². The van der Waals surface area contributed by atoms with E-state index in [2.05, 4.69) is 0 Å². The van der Waals surface area contributed by atoms with Crippen LogP contribution in [0.2, 0.25) is 0 Å². The molecule has 7 nitrogen and oxygen atoms in total. The largest absolute Gasteiger partial charge is 0.508 e. The van der Waals surface area contributed by atoms with Gasteiger partial charge in [-0.05, 0) is 41.8 Å². The fraction of sp³-hybridized carbons (Fsp3) is 0.400. The summed E-state index contributed by atoms with van der Waals surface area (Å²) in [5.74, 6) is 0.398. The normalized spacial score (nSPS) is 24.7. The zero-order valence-electron chi connectivity index (χ0n) is 15.3. The molecule has 1 aliphatic rings. The summed E-state index contributed by atoms with van der Waals surface area (Å²) in [5, 5.41) is 40.8. The van der Waals surface area contributed by atoms with Crippen LogP contribution in [0.5, 0.6) is 23.0 Å². The van der Waals surface area contributed by atoms with Gasteiger partial charge < -0.3 is 34.6 Å². The van der Waals surface area contributed by atoms with Crippen LogP contribution >= 0.6 is 0 Å². The Kier molecular flexibility index (Phi) is 5.46. The average Bonchev–Trinajstić information content (AvgIpc) is 2.99. The van der Waals surface area contributed by atoms with Crippen LogP contribution in [0.1, 0.15) is 17.2 Å². The summed E-state index contributed by atoms with van der Waals surface area (Å²) >= 11 is 0. The Hall–Kier alpha value is -2.48. The average molecular weight is 376 g/mol. The van der Waals surface area contributed by atoms with Gasteiger partial charge in [0.15, 0.2) is 11.5 Å². The molecule has 1 heterocycles. The van der Waals surface area contributed by atoms with E-state index in [1.165, 1.54) is 32.4 Å². The van der Waals surface area contributed by atoms with Gasteiger partial charge in [-0.1, -0.05) is 6.07 Å². The molecule has 27 heavy (non-hydrogen) atoms. The Morgan fingerprint density at radius 1 is 1.11 bits per heavy atom. The molecule has 0 aliphatic carbocycles. The van der Waals surface area contributed by atoms with Crippen molar-refractivity contribution in [2.45, 2.75) is 18.1 Å². The van der Waals surface area contributed by atoms with E-state index in [1.54, 1.807) is 18.2 Å². The molecule has 3 atom stereocenters. The molecule has 7 heteroatoms. The second-order valence-corrected chi connectivity index (χ2v) is 6.73. The SMILES string of the molecule is COc1cc(O)cc([C@H]2OC[C@H](Cc3ccc(O)c(OC)c3)[C@]2(O)CO)c1. The van der Waals surface area contributed by atoms with E-state index in [1.807, 2.05) is 0 Å². The Bertz CT molecular complexity index is 807. The smallest absolute Gasteiger partial charge is 0.160 e. The Morgan fingerprint density at radius 3 is 2.56 bits per heavy atom. The maximum atomic E-state index is 11.2. The summed E-state index contributed by atoms with van der Waals surface area (Å²) in [5.41, 5.74) is -0.183. The lowest BCUT2D eigenvalue weighted by Crippen LogP contribution is -2.43. The monoisotopic (exact) mass is 376 g/mol. The first-order chi connectivity index (χ1) is 12.9. The maximum Gasteiger partial charge on any atom is 0.160 e. The predicted octanol–water partition coefficient (Wildman–Crippen LogP) is 1.77. The summed E-state index contributed by atoms with van der Waals surface area (Å²) in [7, 11) is 2.94. The molecule has 2 aromatic carbocycles. The third-order valence-corrected chi connectivity index (χ3v) is 5.06. The minimum atomic E-state index is -1.54. The van der Waals surface area contributed by atoms with Crippen LogP contribution in [0.25, 0.3) is 0 Å². The molecule has 4 N–H and O–H groups in total. The molecule has 1 aliphatic heterocycles. The fourth-order valence-corrected chi connectivity index (χ4v) is 3.56. The number of aromatic hydroxyl groups is 2. The third-order valence-electron chi connectivity index (χ3n) is 5.06. The van der Waals surface area contributed by atoms with E-state index >= 15 is 0 Å². The van der Waals surface area contributed by atoms with Gasteiger partial charge in [0, 0.05) is 12.0 Å². The van der Waals surface area contributed by atoms with Gasteiger partial charge in [-0.3, -0.25) is 0 Å². The van der Waals surface area contributed by atoms with Crippen LogP contribution in [-0.4, -0.2) is 53.5 Å². The van der Waals surface area contributed by atoms with E-state index in [0.717, 1.165) is 5.56 Å². The van der Waals surface area contributed by atoms with Crippen molar-refractivity contribution in [3.8, 4) is 23.0 Å². The van der Waals surface area contributed by atoms with Gasteiger partial charge in [-0.25, -0.2) is 0 Å². The highest BCUT2D eigenvalue weighted by Crippen LogP contribution is 2.45. The van der Waals surface area contributed by atoms with Crippen molar-refractivity contribution < 1.29 is 34.6 Å². The number of hydrogen-bond donors (Lipinski definition) is 4. The molecule has 0 saturated carbocycles. The standard InChI is InChI=1S/C20H24O7/c1-25-16-8-13(7-15(22)9-16)19-20(24,11-21)14(10-27-19)5-12-3-4-17(23)18(6-12)26-2/h3-4,6-9,14,19,21-24H,5,10-11H2,1-2H3/t14-,19+,20+/m0/s1. The summed E-state index contributed by atoms with van der Waals surface area (Å²) in [6, 6.07) is 9.56. The zero-order valence-corrected chi connectivity index (χ0v) is 15.3. The van der Waals surface area contributed by atoms with Crippen LogP contribution in [0.4, 0.5) is 0 Å². The van der Waals surface area contributed by atoms with Gasteiger partial charge in [0.05, 0.1) is 27.4 Å². The number of aliphatic hydroxyl groups excluding tert-OH is 1. The highest BCUT2D eigenvalue weighted by atomic mass is 16.5. The van der Waals surface area contributed by atoms with E-state index in [-0.39, 0.29) is 18.1 Å². The van der Waals surface area contributed by atoms with Gasteiger partial charge >= 0.3 is 0 Å². The maximum absolute atomic E-state index is 11.2. The van der Waals surface area contributed by atoms with E-state index < -0.39 is 24.2 Å². The lowest BCUT2D eigenvalue weighted by molar-refractivity contribution is -0.0882. The first kappa shape index (κ1) is 19.3. The first-order valence-electron chi connectivity index (χ1n) is 8.60. The number of benzene rings is 2. The number of ether oxygens (including phenoxy) is 3. The molecule has 0 amide bonds. The number of rotatable bonds is 6. The van der Waals surface area contributed by atoms with Crippen molar-refractivity contribution in [3.63, 3.8) is 0 Å². The van der Waals surface area contributed by atoms with Crippen LogP contribution < -0.4 is 9.47 Å². The van der Waals surface area contributed by atoms with Crippen molar-refractivity contribution in [2.24, 2.45) is 5.92 Å². The minimum absolute atomic E-state index is 0.0139. The van der Waals surface area contributed by atoms with Gasteiger partial charge in [-0.2, -0.15) is 0 Å². The van der Waals surface area contributed by atoms with E-state index in [4.69, 9.17) is 14.2 Å². The molecule has 0 radical (unpaired) electrons. The Balaban J connectivity index is 1.88. The van der Waals surface area contributed by atoms with E-state index in [9.17, 15) is 20.4 Å². The van der Waals surface area contributed by atoms with Crippen LogP contribution in [0, 0.1) is 5.92 Å². The zero-order chi connectivity index (χ0) is 19.6. The molecular weight excluding hydrogens is 352 g/mol. The molecule has 0 aromatic heterocycles. The summed E-state index contributed by atoms with van der Waals surface area (Å²) in [6.45, 7) is -0.279. The van der Waals surface area contributed by atoms with Crippen LogP contribution in [-0.2, 0) is 11.2 Å². The van der Waals surface area contributed by atoms with Gasteiger partial charge in [0.1, 0.15) is 23.2 Å². The topological polar surface area (TPSA) is 109 Å². The second kappa shape index (κ2) is 7.64. The molecule has 1 fully saturated rings. The predicted molar refractivity (Wildman–Crippen MR) is 97.2 cm³/mol. The molecule has 0 bridgehead atoms. The van der Waals surface area contributed by atoms with Crippen molar-refractivity contribution in [3.05, 3.63) is 47.5 Å². The van der Waals surface area contributed by atoms with Crippen LogP contribution in [0.15, 0.2) is 36.4 Å². The van der Waals surface area contributed by atoms with Crippen LogP contribution in [0.3, 0.4) is 0 Å².